The Morgan fingerprint density at radius 2 is 2.23 bits per heavy atom. The number of carbonyl (C=O) groups is 1. The molecule has 0 spiro atoms. The number of amides is 1. The van der Waals surface area contributed by atoms with Crippen LogP contribution in [0.5, 0.6) is 0 Å². The predicted molar refractivity (Wildman–Crippen MR) is 54.0 cm³/mol. The van der Waals surface area contributed by atoms with Crippen molar-refractivity contribution in [3.8, 4) is 0 Å². The molecule has 1 rings (SSSR count). The van der Waals surface area contributed by atoms with Gasteiger partial charge in [-0.3, -0.25) is 4.79 Å². The predicted octanol–water partition coefficient (Wildman–Crippen LogP) is 1.98. The van der Waals surface area contributed by atoms with E-state index in [4.69, 9.17) is 28.9 Å². The van der Waals surface area contributed by atoms with Crippen LogP contribution in [0.2, 0.25) is 5.02 Å². The lowest BCUT2D eigenvalue weighted by Crippen LogP contribution is -2.25. The Kier molecular flexibility index (Phi) is 3.58. The first kappa shape index (κ1) is 10.4. The Morgan fingerprint density at radius 1 is 1.54 bits per heavy atom. The van der Waals surface area contributed by atoms with E-state index in [1.165, 1.54) is 0 Å². The zero-order valence-electron chi connectivity index (χ0n) is 6.84. The molecule has 0 aromatic heterocycles. The number of alkyl halides is 1. The van der Waals surface area contributed by atoms with E-state index < -0.39 is 11.3 Å². The number of benzene rings is 1. The molecule has 0 heterocycles. The summed E-state index contributed by atoms with van der Waals surface area (Å²) in [5, 5.41) is -0.0377. The zero-order chi connectivity index (χ0) is 9.84. The van der Waals surface area contributed by atoms with Crippen molar-refractivity contribution in [1.82, 2.24) is 0 Å². The maximum atomic E-state index is 10.6. The quantitative estimate of drug-likeness (QED) is 0.774. The van der Waals surface area contributed by atoms with Crippen molar-refractivity contribution < 1.29 is 4.79 Å². The fourth-order valence-electron chi connectivity index (χ4n) is 0.971. The van der Waals surface area contributed by atoms with Gasteiger partial charge >= 0.3 is 0 Å². The minimum absolute atomic E-state index is 0.414. The van der Waals surface area contributed by atoms with Crippen LogP contribution in [0.4, 0.5) is 0 Å². The van der Waals surface area contributed by atoms with E-state index in [0.717, 1.165) is 5.56 Å². The third-order valence-electron chi connectivity index (χ3n) is 1.61. The molecule has 0 aliphatic rings. The summed E-state index contributed by atoms with van der Waals surface area (Å²) >= 11 is 11.4. The second kappa shape index (κ2) is 4.49. The van der Waals surface area contributed by atoms with Gasteiger partial charge < -0.3 is 5.73 Å². The van der Waals surface area contributed by atoms with Gasteiger partial charge in [-0.2, -0.15) is 0 Å². The summed E-state index contributed by atoms with van der Waals surface area (Å²) in [6.45, 7) is 0. The van der Waals surface area contributed by atoms with E-state index in [2.05, 4.69) is 0 Å². The number of nitrogens with two attached hydrogens (primary N) is 1. The van der Waals surface area contributed by atoms with Gasteiger partial charge in [0.05, 0.1) is 0 Å². The number of hydrogen-bond acceptors (Lipinski definition) is 1. The van der Waals surface area contributed by atoms with Gasteiger partial charge in [-0.1, -0.05) is 23.7 Å². The molecule has 0 aliphatic carbocycles. The van der Waals surface area contributed by atoms with Crippen molar-refractivity contribution in [2.45, 2.75) is 11.8 Å². The normalized spacial score (nSPS) is 12.5. The highest BCUT2D eigenvalue weighted by atomic mass is 35.5. The Labute approximate surface area is 86.6 Å². The number of halogens is 2. The molecule has 0 bridgehead atoms. The van der Waals surface area contributed by atoms with Crippen LogP contribution in [0.15, 0.2) is 24.3 Å². The molecule has 70 valence electrons. The molecule has 1 aromatic carbocycles. The molecule has 1 amide bonds. The van der Waals surface area contributed by atoms with E-state index in [1.807, 2.05) is 12.1 Å². The van der Waals surface area contributed by atoms with Crippen LogP contribution in [0.25, 0.3) is 0 Å². The monoisotopic (exact) mass is 217 g/mol. The summed E-state index contributed by atoms with van der Waals surface area (Å²) in [4.78, 5) is 10.6. The molecule has 0 saturated heterocycles. The number of hydrogen-bond donors (Lipinski definition) is 1. The molecule has 4 heteroatoms. The van der Waals surface area contributed by atoms with Crippen LogP contribution < -0.4 is 5.73 Å². The highest BCUT2D eigenvalue weighted by molar-refractivity contribution is 6.31. The van der Waals surface area contributed by atoms with Gasteiger partial charge in [-0.05, 0) is 24.1 Å². The Bertz CT molecular complexity index is 314. The minimum atomic E-state index is -0.668. The molecule has 0 aliphatic heterocycles. The summed E-state index contributed by atoms with van der Waals surface area (Å²) < 4.78 is 0. The fourth-order valence-corrected chi connectivity index (χ4v) is 1.36. The maximum Gasteiger partial charge on any atom is 0.235 e. The summed E-state index contributed by atoms with van der Waals surface area (Å²) in [6.07, 6.45) is 0.414. The first-order valence-electron chi connectivity index (χ1n) is 3.77. The van der Waals surface area contributed by atoms with Crippen molar-refractivity contribution >= 4 is 29.1 Å². The van der Waals surface area contributed by atoms with Crippen LogP contribution in [0.1, 0.15) is 5.56 Å². The lowest BCUT2D eigenvalue weighted by molar-refractivity contribution is -0.117. The molecule has 0 radical (unpaired) electrons. The Hall–Kier alpha value is -0.730. The Morgan fingerprint density at radius 3 is 2.77 bits per heavy atom. The van der Waals surface area contributed by atoms with Gasteiger partial charge in [0.15, 0.2) is 0 Å². The van der Waals surface area contributed by atoms with Crippen molar-refractivity contribution in [2.75, 3.05) is 0 Å². The van der Waals surface area contributed by atoms with Crippen LogP contribution in [-0.4, -0.2) is 11.3 Å². The highest BCUT2D eigenvalue weighted by Crippen LogP contribution is 2.13. The van der Waals surface area contributed by atoms with E-state index in [0.29, 0.717) is 11.4 Å². The standard InChI is InChI=1S/C9H9Cl2NO/c10-7-3-1-2-6(4-7)5-8(11)9(12)13/h1-4,8H,5H2,(H2,12,13). The summed E-state index contributed by atoms with van der Waals surface area (Å²) in [6, 6.07) is 7.19. The maximum absolute atomic E-state index is 10.6. The van der Waals surface area contributed by atoms with E-state index in [-0.39, 0.29) is 0 Å². The van der Waals surface area contributed by atoms with Crippen molar-refractivity contribution in [3.63, 3.8) is 0 Å². The lowest BCUT2D eigenvalue weighted by Gasteiger charge is -2.04. The number of carbonyl (C=O) groups excluding carboxylic acids is 1. The summed E-state index contributed by atoms with van der Waals surface area (Å²) in [5.74, 6) is -0.512. The summed E-state index contributed by atoms with van der Waals surface area (Å²) in [5.41, 5.74) is 5.93. The Balaban J connectivity index is 2.69. The van der Waals surface area contributed by atoms with E-state index >= 15 is 0 Å². The van der Waals surface area contributed by atoms with Crippen molar-refractivity contribution in [3.05, 3.63) is 34.9 Å². The summed E-state index contributed by atoms with van der Waals surface area (Å²) in [7, 11) is 0. The van der Waals surface area contributed by atoms with Crippen LogP contribution in [0, 0.1) is 0 Å². The number of rotatable bonds is 3. The average Bonchev–Trinajstić information content (AvgIpc) is 2.04. The zero-order valence-corrected chi connectivity index (χ0v) is 8.35. The van der Waals surface area contributed by atoms with E-state index in [1.54, 1.807) is 12.1 Å². The van der Waals surface area contributed by atoms with Crippen molar-refractivity contribution in [2.24, 2.45) is 5.73 Å². The minimum Gasteiger partial charge on any atom is -0.368 e. The van der Waals surface area contributed by atoms with Gasteiger partial charge in [0.1, 0.15) is 5.38 Å². The highest BCUT2D eigenvalue weighted by Gasteiger charge is 2.11. The average molecular weight is 218 g/mol. The van der Waals surface area contributed by atoms with Gasteiger partial charge in [0, 0.05) is 5.02 Å². The van der Waals surface area contributed by atoms with Crippen LogP contribution >= 0.6 is 23.2 Å². The number of primary amides is 1. The lowest BCUT2D eigenvalue weighted by atomic mass is 10.1. The van der Waals surface area contributed by atoms with Crippen molar-refractivity contribution in [1.29, 1.82) is 0 Å². The molecule has 1 unspecified atom stereocenters. The smallest absolute Gasteiger partial charge is 0.235 e. The molecule has 13 heavy (non-hydrogen) atoms. The molecular weight excluding hydrogens is 209 g/mol. The topological polar surface area (TPSA) is 43.1 Å². The molecule has 2 nitrogen and oxygen atoms in total. The SMILES string of the molecule is NC(=O)C(Cl)Cc1cccc(Cl)c1. The fraction of sp³-hybridized carbons (Fsp3) is 0.222. The molecule has 0 fully saturated rings. The molecule has 1 atom stereocenters. The largest absolute Gasteiger partial charge is 0.368 e. The molecular formula is C9H9Cl2NO. The first-order valence-corrected chi connectivity index (χ1v) is 4.59. The second-order valence-electron chi connectivity index (χ2n) is 2.70. The van der Waals surface area contributed by atoms with Crippen LogP contribution in [0.3, 0.4) is 0 Å². The molecule has 1 aromatic rings. The van der Waals surface area contributed by atoms with Gasteiger partial charge in [-0.25, -0.2) is 0 Å². The van der Waals surface area contributed by atoms with Gasteiger partial charge in [0.2, 0.25) is 5.91 Å². The third kappa shape index (κ3) is 3.25. The first-order chi connectivity index (χ1) is 6.09. The van der Waals surface area contributed by atoms with Gasteiger partial charge in [-0.15, -0.1) is 11.6 Å². The van der Waals surface area contributed by atoms with E-state index in [9.17, 15) is 4.79 Å². The molecule has 2 N–H and O–H groups in total. The van der Waals surface area contributed by atoms with Crippen LogP contribution in [-0.2, 0) is 11.2 Å². The third-order valence-corrected chi connectivity index (χ3v) is 2.22. The van der Waals surface area contributed by atoms with Gasteiger partial charge in [0.25, 0.3) is 0 Å². The molecule has 0 saturated carbocycles. The second-order valence-corrected chi connectivity index (χ2v) is 3.67.